The van der Waals surface area contributed by atoms with Crippen LogP contribution in [0.25, 0.3) is 0 Å². The highest BCUT2D eigenvalue weighted by Crippen LogP contribution is 2.22. The van der Waals surface area contributed by atoms with Crippen LogP contribution in [-0.4, -0.2) is 50.9 Å². The zero-order valence-corrected chi connectivity index (χ0v) is 6.97. The maximum absolute atomic E-state index is 10.2. The Balaban J connectivity index is 2.51. The van der Waals surface area contributed by atoms with Gasteiger partial charge in [0, 0.05) is 19.4 Å². The smallest absolute Gasteiger partial charge is 0.303 e. The number of aliphatic carboxylic acids is 1. The summed E-state index contributed by atoms with van der Waals surface area (Å²) in [4.78, 5) is 10.2. The van der Waals surface area contributed by atoms with E-state index in [4.69, 9.17) is 10.2 Å². The molecule has 0 aromatic carbocycles. The molecular formula is C7H13NO5. The van der Waals surface area contributed by atoms with Crippen molar-refractivity contribution < 1.29 is 25.2 Å². The van der Waals surface area contributed by atoms with E-state index in [9.17, 15) is 15.0 Å². The third kappa shape index (κ3) is 2.16. The Morgan fingerprint density at radius 3 is 2.54 bits per heavy atom. The summed E-state index contributed by atoms with van der Waals surface area (Å²) in [5.74, 6) is -1.05. The number of carboxylic acids is 1. The van der Waals surface area contributed by atoms with Gasteiger partial charge in [-0.3, -0.25) is 10.1 Å². The molecule has 1 aliphatic rings. The van der Waals surface area contributed by atoms with Gasteiger partial charge in [-0.2, -0.15) is 0 Å². The molecule has 6 nitrogen and oxygen atoms in total. The van der Waals surface area contributed by atoms with Crippen molar-refractivity contribution in [3.63, 3.8) is 0 Å². The average molecular weight is 191 g/mol. The predicted molar refractivity (Wildman–Crippen MR) is 41.8 cm³/mol. The van der Waals surface area contributed by atoms with Crippen molar-refractivity contribution in [2.45, 2.75) is 30.8 Å². The van der Waals surface area contributed by atoms with E-state index in [1.165, 1.54) is 0 Å². The van der Waals surface area contributed by atoms with Crippen molar-refractivity contribution >= 4 is 5.97 Å². The summed E-state index contributed by atoms with van der Waals surface area (Å²) < 4.78 is 0. The van der Waals surface area contributed by atoms with Gasteiger partial charge in [0.05, 0.1) is 6.10 Å². The van der Waals surface area contributed by atoms with Crippen LogP contribution in [0.4, 0.5) is 0 Å². The molecule has 0 unspecified atom stereocenters. The topological polar surface area (TPSA) is 110 Å². The Kier molecular flexibility index (Phi) is 2.87. The van der Waals surface area contributed by atoms with Crippen molar-refractivity contribution in [1.82, 2.24) is 5.32 Å². The molecule has 3 atom stereocenters. The Morgan fingerprint density at radius 2 is 2.15 bits per heavy atom. The fourth-order valence-corrected chi connectivity index (χ4v) is 1.35. The molecule has 0 spiro atoms. The summed E-state index contributed by atoms with van der Waals surface area (Å²) in [6.45, 7) is 0.0668. The van der Waals surface area contributed by atoms with Crippen LogP contribution in [-0.2, 0) is 4.79 Å². The first-order valence-electron chi connectivity index (χ1n) is 4.01. The van der Waals surface area contributed by atoms with Gasteiger partial charge in [-0.15, -0.1) is 0 Å². The molecule has 13 heavy (non-hydrogen) atoms. The van der Waals surface area contributed by atoms with E-state index in [-0.39, 0.29) is 19.4 Å². The van der Waals surface area contributed by atoms with E-state index in [1.54, 1.807) is 0 Å². The van der Waals surface area contributed by atoms with Gasteiger partial charge >= 0.3 is 5.97 Å². The summed E-state index contributed by atoms with van der Waals surface area (Å²) in [6.07, 6.45) is -2.75. The van der Waals surface area contributed by atoms with Gasteiger partial charge in [-0.05, 0) is 0 Å². The Hall–Kier alpha value is -0.690. The predicted octanol–water partition coefficient (Wildman–Crippen LogP) is -2.14. The van der Waals surface area contributed by atoms with E-state index in [0.717, 1.165) is 0 Å². The number of carbonyl (C=O) groups is 1. The molecule has 6 heteroatoms. The largest absolute Gasteiger partial charge is 0.481 e. The molecule has 1 aliphatic heterocycles. The Morgan fingerprint density at radius 1 is 1.54 bits per heavy atom. The summed E-state index contributed by atoms with van der Waals surface area (Å²) in [6, 6.07) is 0. The quantitative estimate of drug-likeness (QED) is 0.348. The molecule has 0 aliphatic carbocycles. The second-order valence-electron chi connectivity index (χ2n) is 3.21. The van der Waals surface area contributed by atoms with Crippen LogP contribution < -0.4 is 5.32 Å². The number of hydrogen-bond acceptors (Lipinski definition) is 5. The molecule has 0 radical (unpaired) electrons. The highest BCUT2D eigenvalue weighted by molar-refractivity contribution is 5.66. The lowest BCUT2D eigenvalue weighted by Gasteiger charge is -2.26. The number of β-amino-alcohol motifs (C(OH)–C–C–N with tert-alkyl or cyclic N) is 1. The molecule has 0 aromatic rings. The van der Waals surface area contributed by atoms with Gasteiger partial charge in [0.2, 0.25) is 0 Å². The van der Waals surface area contributed by atoms with E-state index in [1.807, 2.05) is 0 Å². The van der Waals surface area contributed by atoms with Gasteiger partial charge in [-0.25, -0.2) is 0 Å². The van der Waals surface area contributed by atoms with Gasteiger partial charge < -0.3 is 20.4 Å². The molecule has 0 saturated carbocycles. The average Bonchev–Trinajstić information content (AvgIpc) is 2.31. The lowest BCUT2D eigenvalue weighted by molar-refractivity contribution is -0.141. The standard InChI is InChI=1S/C7H13NO5/c9-4-3-8-7(13,6(4)12)2-1-5(10)11/h4,6,8-9,12-13H,1-3H2,(H,10,11)/t4-,6-,7+/m1/s1. The van der Waals surface area contributed by atoms with Crippen molar-refractivity contribution in [3.8, 4) is 0 Å². The Labute approximate surface area is 74.8 Å². The van der Waals surface area contributed by atoms with E-state index in [0.29, 0.717) is 0 Å². The molecule has 1 rings (SSSR count). The normalized spacial score (nSPS) is 39.3. The molecule has 0 amide bonds. The van der Waals surface area contributed by atoms with Crippen molar-refractivity contribution in [2.75, 3.05) is 6.54 Å². The van der Waals surface area contributed by atoms with Crippen LogP contribution in [0, 0.1) is 0 Å². The molecule has 1 fully saturated rings. The SMILES string of the molecule is O=C(O)CC[C@@]1(O)NC[C@@H](O)[C@H]1O. The highest BCUT2D eigenvalue weighted by atomic mass is 16.4. The number of carboxylic acid groups (broad SMARTS) is 1. The number of aliphatic hydroxyl groups is 3. The van der Waals surface area contributed by atoms with E-state index < -0.39 is 23.9 Å². The van der Waals surface area contributed by atoms with Crippen molar-refractivity contribution in [1.29, 1.82) is 0 Å². The van der Waals surface area contributed by atoms with Crippen LogP contribution >= 0.6 is 0 Å². The minimum absolute atomic E-state index is 0.0668. The first-order valence-corrected chi connectivity index (χ1v) is 4.01. The lowest BCUT2D eigenvalue weighted by atomic mass is 10.0. The molecular weight excluding hydrogens is 178 g/mol. The van der Waals surface area contributed by atoms with Crippen LogP contribution in [0.1, 0.15) is 12.8 Å². The lowest BCUT2D eigenvalue weighted by Crippen LogP contribution is -2.49. The molecule has 0 aromatic heterocycles. The van der Waals surface area contributed by atoms with Crippen LogP contribution in [0.5, 0.6) is 0 Å². The maximum atomic E-state index is 10.2. The van der Waals surface area contributed by atoms with Crippen LogP contribution in [0.3, 0.4) is 0 Å². The third-order valence-electron chi connectivity index (χ3n) is 2.19. The monoisotopic (exact) mass is 191 g/mol. The minimum Gasteiger partial charge on any atom is -0.481 e. The maximum Gasteiger partial charge on any atom is 0.303 e. The fraction of sp³-hybridized carbons (Fsp3) is 0.857. The van der Waals surface area contributed by atoms with Gasteiger partial charge in [0.1, 0.15) is 11.8 Å². The second-order valence-corrected chi connectivity index (χ2v) is 3.21. The van der Waals surface area contributed by atoms with Gasteiger partial charge in [0.15, 0.2) is 0 Å². The summed E-state index contributed by atoms with van der Waals surface area (Å²) >= 11 is 0. The second kappa shape index (κ2) is 3.59. The third-order valence-corrected chi connectivity index (χ3v) is 2.19. The first-order chi connectivity index (χ1) is 5.96. The summed E-state index contributed by atoms with van der Waals surface area (Å²) in [5.41, 5.74) is -1.67. The number of hydrogen-bond donors (Lipinski definition) is 5. The zero-order chi connectivity index (χ0) is 10.1. The summed E-state index contributed by atoms with van der Waals surface area (Å²) in [7, 11) is 0. The first kappa shape index (κ1) is 10.4. The van der Waals surface area contributed by atoms with Gasteiger partial charge in [-0.1, -0.05) is 0 Å². The van der Waals surface area contributed by atoms with E-state index >= 15 is 0 Å². The zero-order valence-electron chi connectivity index (χ0n) is 6.97. The highest BCUT2D eigenvalue weighted by Gasteiger charge is 2.45. The molecule has 76 valence electrons. The number of nitrogens with one attached hydrogen (secondary N) is 1. The molecule has 1 saturated heterocycles. The summed E-state index contributed by atoms with van der Waals surface area (Å²) in [5, 5.41) is 38.8. The number of aliphatic hydroxyl groups excluding tert-OH is 2. The van der Waals surface area contributed by atoms with Crippen LogP contribution in [0.2, 0.25) is 0 Å². The molecule has 5 N–H and O–H groups in total. The van der Waals surface area contributed by atoms with Crippen molar-refractivity contribution in [3.05, 3.63) is 0 Å². The van der Waals surface area contributed by atoms with E-state index in [2.05, 4.69) is 5.32 Å². The van der Waals surface area contributed by atoms with Crippen molar-refractivity contribution in [2.24, 2.45) is 0 Å². The molecule has 1 heterocycles. The number of rotatable bonds is 3. The minimum atomic E-state index is -1.67. The fourth-order valence-electron chi connectivity index (χ4n) is 1.35. The Bertz CT molecular complexity index is 209. The van der Waals surface area contributed by atoms with Crippen LogP contribution in [0.15, 0.2) is 0 Å². The van der Waals surface area contributed by atoms with Gasteiger partial charge in [0.25, 0.3) is 0 Å². The molecule has 0 bridgehead atoms.